The molecule has 0 saturated carbocycles. The molecule has 0 fully saturated rings. The molecule has 0 bridgehead atoms. The number of amides is 1. The molecule has 0 radical (unpaired) electrons. The Kier molecular flexibility index (Phi) is 4.99. The minimum Gasteiger partial charge on any atom is -0.322 e. The van der Waals surface area contributed by atoms with E-state index in [9.17, 15) is 13.2 Å². The highest BCUT2D eigenvalue weighted by molar-refractivity contribution is 9.10. The third-order valence-corrected chi connectivity index (χ3v) is 7.12. The van der Waals surface area contributed by atoms with Crippen LogP contribution in [0.25, 0.3) is 0 Å². The van der Waals surface area contributed by atoms with E-state index in [0.29, 0.717) is 10.0 Å². The summed E-state index contributed by atoms with van der Waals surface area (Å²) in [6, 6.07) is 10.5. The van der Waals surface area contributed by atoms with E-state index in [2.05, 4.69) is 21.2 Å². The molecule has 0 saturated heterocycles. The van der Waals surface area contributed by atoms with Gasteiger partial charge in [-0.25, -0.2) is 12.7 Å². The van der Waals surface area contributed by atoms with Gasteiger partial charge < -0.3 is 5.32 Å². The van der Waals surface area contributed by atoms with Gasteiger partial charge in [0.05, 0.1) is 4.90 Å². The second kappa shape index (κ2) is 6.90. The number of nitrogens with zero attached hydrogens (tertiary/aromatic N) is 1. The third kappa shape index (κ3) is 3.63. The topological polar surface area (TPSA) is 66.5 Å². The fraction of sp³-hybridized carbons (Fsp3) is 0.278. The van der Waals surface area contributed by atoms with E-state index in [1.807, 2.05) is 18.2 Å². The first-order chi connectivity index (χ1) is 11.8. The largest absolute Gasteiger partial charge is 0.322 e. The van der Waals surface area contributed by atoms with E-state index in [1.54, 1.807) is 12.1 Å². The van der Waals surface area contributed by atoms with Crippen LogP contribution in [0.4, 0.5) is 5.69 Å². The Hall–Kier alpha value is -1.70. The van der Waals surface area contributed by atoms with Crippen molar-refractivity contribution in [1.82, 2.24) is 4.31 Å². The summed E-state index contributed by atoms with van der Waals surface area (Å²) >= 11 is 3.25. The average Bonchev–Trinajstić information content (AvgIpc) is 3.02. The van der Waals surface area contributed by atoms with E-state index in [1.165, 1.54) is 31.3 Å². The summed E-state index contributed by atoms with van der Waals surface area (Å²) < 4.78 is 26.3. The predicted octanol–water partition coefficient (Wildman–Crippen LogP) is 3.44. The van der Waals surface area contributed by atoms with E-state index >= 15 is 0 Å². The van der Waals surface area contributed by atoms with Gasteiger partial charge in [-0.2, -0.15) is 0 Å². The number of nitrogens with one attached hydrogen (secondary N) is 1. The summed E-state index contributed by atoms with van der Waals surface area (Å²) in [4.78, 5) is 12.6. The molecule has 5 nitrogen and oxygen atoms in total. The Bertz CT molecular complexity index is 939. The standard InChI is InChI=1S/C18H19BrN2O3S/c1-21(2)25(23,24)17-11-14(7-9-16(17)19)18(22)20-15-8-6-12-4-3-5-13(12)10-15/h6-11H,3-5H2,1-2H3,(H,20,22). The lowest BCUT2D eigenvalue weighted by Gasteiger charge is -2.14. The lowest BCUT2D eigenvalue weighted by atomic mass is 10.1. The predicted molar refractivity (Wildman–Crippen MR) is 101 cm³/mol. The molecule has 25 heavy (non-hydrogen) atoms. The molecule has 2 aromatic rings. The van der Waals surface area contributed by atoms with Crippen molar-refractivity contribution in [3.05, 3.63) is 57.6 Å². The zero-order valence-corrected chi connectivity index (χ0v) is 16.4. The van der Waals surface area contributed by atoms with Crippen LogP contribution in [-0.2, 0) is 22.9 Å². The number of aryl methyl sites for hydroxylation is 2. The maximum atomic E-state index is 12.5. The summed E-state index contributed by atoms with van der Waals surface area (Å²) in [6.45, 7) is 0. The Morgan fingerprint density at radius 1 is 1.08 bits per heavy atom. The SMILES string of the molecule is CN(C)S(=O)(=O)c1cc(C(=O)Nc2ccc3c(c2)CCC3)ccc1Br. The number of hydrogen-bond acceptors (Lipinski definition) is 3. The third-order valence-electron chi connectivity index (χ3n) is 4.31. The molecule has 2 aromatic carbocycles. The number of carbonyl (C=O) groups is 1. The molecule has 0 aliphatic heterocycles. The zero-order valence-electron chi connectivity index (χ0n) is 14.0. The number of fused-ring (bicyclic) bond motifs is 1. The van der Waals surface area contributed by atoms with Gasteiger partial charge in [-0.1, -0.05) is 6.07 Å². The van der Waals surface area contributed by atoms with Crippen molar-refractivity contribution >= 4 is 37.5 Å². The molecule has 1 aliphatic rings. The molecule has 1 N–H and O–H groups in total. The van der Waals surface area contributed by atoms with E-state index in [4.69, 9.17) is 0 Å². The van der Waals surface area contributed by atoms with Gasteiger partial charge in [0, 0.05) is 29.8 Å². The lowest BCUT2D eigenvalue weighted by Crippen LogP contribution is -2.23. The second-order valence-corrected chi connectivity index (χ2v) is 9.20. The van der Waals surface area contributed by atoms with Gasteiger partial charge in [-0.3, -0.25) is 4.79 Å². The van der Waals surface area contributed by atoms with E-state index in [0.717, 1.165) is 29.3 Å². The van der Waals surface area contributed by atoms with Crippen molar-refractivity contribution in [3.8, 4) is 0 Å². The first-order valence-electron chi connectivity index (χ1n) is 7.94. The van der Waals surface area contributed by atoms with Crippen molar-refractivity contribution in [2.45, 2.75) is 24.2 Å². The minimum absolute atomic E-state index is 0.0686. The van der Waals surface area contributed by atoms with Crippen molar-refractivity contribution in [2.24, 2.45) is 0 Å². The number of hydrogen-bond donors (Lipinski definition) is 1. The summed E-state index contributed by atoms with van der Waals surface area (Å²) in [5.74, 6) is -0.333. The monoisotopic (exact) mass is 422 g/mol. The Morgan fingerprint density at radius 2 is 1.80 bits per heavy atom. The first kappa shape index (κ1) is 18.1. The van der Waals surface area contributed by atoms with Crippen LogP contribution >= 0.6 is 15.9 Å². The maximum absolute atomic E-state index is 12.5. The zero-order chi connectivity index (χ0) is 18.2. The number of sulfonamides is 1. The molecule has 0 spiro atoms. The summed E-state index contributed by atoms with van der Waals surface area (Å²) in [5, 5.41) is 2.85. The van der Waals surface area contributed by atoms with Crippen LogP contribution in [0.15, 0.2) is 45.8 Å². The molecular weight excluding hydrogens is 404 g/mol. The lowest BCUT2D eigenvalue weighted by molar-refractivity contribution is 0.102. The second-order valence-electron chi connectivity index (χ2n) is 6.22. The molecule has 0 unspecified atom stereocenters. The van der Waals surface area contributed by atoms with Gasteiger partial charge in [0.25, 0.3) is 5.91 Å². The van der Waals surface area contributed by atoms with E-state index < -0.39 is 10.0 Å². The summed E-state index contributed by atoms with van der Waals surface area (Å²) in [7, 11) is -0.723. The van der Waals surface area contributed by atoms with Crippen LogP contribution in [0.2, 0.25) is 0 Å². The Morgan fingerprint density at radius 3 is 2.52 bits per heavy atom. The van der Waals surface area contributed by atoms with Crippen molar-refractivity contribution in [2.75, 3.05) is 19.4 Å². The van der Waals surface area contributed by atoms with Crippen LogP contribution in [0.5, 0.6) is 0 Å². The fourth-order valence-electron chi connectivity index (χ4n) is 2.89. The van der Waals surface area contributed by atoms with Gasteiger partial charge in [0.1, 0.15) is 0 Å². The maximum Gasteiger partial charge on any atom is 0.255 e. The molecule has 0 aromatic heterocycles. The number of rotatable bonds is 4. The van der Waals surface area contributed by atoms with Gasteiger partial charge in [-0.05, 0) is 76.7 Å². The molecule has 3 rings (SSSR count). The van der Waals surface area contributed by atoms with Gasteiger partial charge >= 0.3 is 0 Å². The highest BCUT2D eigenvalue weighted by Gasteiger charge is 2.22. The molecule has 0 heterocycles. The van der Waals surface area contributed by atoms with Crippen LogP contribution in [0, 0.1) is 0 Å². The summed E-state index contributed by atoms with van der Waals surface area (Å²) in [5.41, 5.74) is 3.63. The smallest absolute Gasteiger partial charge is 0.255 e. The normalized spacial score (nSPS) is 13.8. The quantitative estimate of drug-likeness (QED) is 0.820. The number of benzene rings is 2. The molecule has 1 aliphatic carbocycles. The molecule has 1 amide bonds. The van der Waals surface area contributed by atoms with E-state index in [-0.39, 0.29) is 10.8 Å². The van der Waals surface area contributed by atoms with Crippen LogP contribution in [0.3, 0.4) is 0 Å². The highest BCUT2D eigenvalue weighted by Crippen LogP contribution is 2.27. The highest BCUT2D eigenvalue weighted by atomic mass is 79.9. The average molecular weight is 423 g/mol. The van der Waals surface area contributed by atoms with Crippen LogP contribution < -0.4 is 5.32 Å². The van der Waals surface area contributed by atoms with Crippen molar-refractivity contribution in [3.63, 3.8) is 0 Å². The number of anilines is 1. The minimum atomic E-state index is -3.64. The molecule has 132 valence electrons. The number of halogens is 1. The fourth-order valence-corrected chi connectivity index (χ4v) is 4.74. The Labute approximate surface area is 156 Å². The summed E-state index contributed by atoms with van der Waals surface area (Å²) in [6.07, 6.45) is 3.26. The van der Waals surface area contributed by atoms with Gasteiger partial charge in [0.2, 0.25) is 10.0 Å². The van der Waals surface area contributed by atoms with Crippen molar-refractivity contribution in [1.29, 1.82) is 0 Å². The van der Waals surface area contributed by atoms with Gasteiger partial charge in [0.15, 0.2) is 0 Å². The molecule has 7 heteroatoms. The number of carbonyl (C=O) groups excluding carboxylic acids is 1. The van der Waals surface area contributed by atoms with Crippen LogP contribution in [0.1, 0.15) is 27.9 Å². The van der Waals surface area contributed by atoms with Crippen LogP contribution in [-0.4, -0.2) is 32.7 Å². The van der Waals surface area contributed by atoms with Crippen molar-refractivity contribution < 1.29 is 13.2 Å². The van der Waals surface area contributed by atoms with Gasteiger partial charge in [-0.15, -0.1) is 0 Å². The first-order valence-corrected chi connectivity index (χ1v) is 10.2. The Balaban J connectivity index is 1.88. The molecular formula is C18H19BrN2O3S. The molecule has 0 atom stereocenters.